The Kier molecular flexibility index (Phi) is 7.89. The van der Waals surface area contributed by atoms with Crippen LogP contribution in [-0.4, -0.2) is 69.1 Å². The van der Waals surface area contributed by atoms with E-state index < -0.39 is 0 Å². The van der Waals surface area contributed by atoms with Crippen LogP contribution in [0.25, 0.3) is 16.3 Å². The molecular formula is C24H26ClN3O5S. The minimum atomic E-state index is -0.119. The molecule has 0 bridgehead atoms. The summed E-state index contributed by atoms with van der Waals surface area (Å²) in [5.41, 5.74) is 1.69. The van der Waals surface area contributed by atoms with Gasteiger partial charge in [-0.25, -0.2) is 4.98 Å². The van der Waals surface area contributed by atoms with Gasteiger partial charge in [-0.15, -0.1) is 12.4 Å². The molecule has 2 aliphatic rings. The van der Waals surface area contributed by atoms with Crippen LogP contribution >= 0.6 is 23.7 Å². The Labute approximate surface area is 208 Å². The molecule has 3 aromatic rings. The van der Waals surface area contributed by atoms with E-state index in [0.29, 0.717) is 17.4 Å². The van der Waals surface area contributed by atoms with Gasteiger partial charge >= 0.3 is 0 Å². The van der Waals surface area contributed by atoms with Gasteiger partial charge in [0.2, 0.25) is 6.79 Å². The molecule has 3 heterocycles. The number of amides is 1. The summed E-state index contributed by atoms with van der Waals surface area (Å²) in [4.78, 5) is 22.1. The molecule has 10 heteroatoms. The van der Waals surface area contributed by atoms with E-state index in [0.717, 1.165) is 60.1 Å². The summed E-state index contributed by atoms with van der Waals surface area (Å²) in [6, 6.07) is 11.4. The average Bonchev–Trinajstić information content (AvgIpc) is 3.49. The van der Waals surface area contributed by atoms with Gasteiger partial charge in [0.25, 0.3) is 5.91 Å². The van der Waals surface area contributed by atoms with Crippen LogP contribution in [0.4, 0.5) is 5.13 Å². The lowest BCUT2D eigenvalue weighted by Gasteiger charge is -2.28. The van der Waals surface area contributed by atoms with Gasteiger partial charge in [-0.3, -0.25) is 14.6 Å². The van der Waals surface area contributed by atoms with Crippen molar-refractivity contribution < 1.29 is 23.7 Å². The minimum Gasteiger partial charge on any atom is -0.497 e. The number of carbonyl (C=O) groups is 1. The van der Waals surface area contributed by atoms with Gasteiger partial charge in [0.15, 0.2) is 16.6 Å². The van der Waals surface area contributed by atoms with Crippen molar-refractivity contribution in [3.8, 4) is 17.2 Å². The zero-order valence-electron chi connectivity index (χ0n) is 18.8. The highest BCUT2D eigenvalue weighted by Crippen LogP contribution is 2.33. The molecule has 1 fully saturated rings. The van der Waals surface area contributed by atoms with E-state index in [-0.39, 0.29) is 25.1 Å². The number of hydrogen-bond acceptors (Lipinski definition) is 8. The number of benzene rings is 2. The number of methoxy groups -OCH3 is 1. The van der Waals surface area contributed by atoms with Crippen molar-refractivity contribution in [3.05, 3.63) is 48.0 Å². The number of ether oxygens (including phenoxy) is 4. The normalized spacial score (nSPS) is 15.4. The first-order chi connectivity index (χ1) is 16.2. The van der Waals surface area contributed by atoms with Crippen LogP contribution < -0.4 is 19.1 Å². The number of rotatable bonds is 7. The highest BCUT2D eigenvalue weighted by Gasteiger charge is 2.20. The number of hydrogen-bond donors (Lipinski definition) is 0. The Bertz CT molecular complexity index is 1180. The second-order valence-corrected chi connectivity index (χ2v) is 8.73. The van der Waals surface area contributed by atoms with Gasteiger partial charge in [-0.05, 0) is 35.9 Å². The lowest BCUT2D eigenvalue weighted by atomic mass is 10.2. The molecule has 34 heavy (non-hydrogen) atoms. The monoisotopic (exact) mass is 503 g/mol. The van der Waals surface area contributed by atoms with E-state index in [2.05, 4.69) is 4.90 Å². The molecule has 0 N–H and O–H groups in total. The highest BCUT2D eigenvalue weighted by atomic mass is 35.5. The van der Waals surface area contributed by atoms with Gasteiger partial charge in [-0.1, -0.05) is 17.4 Å². The average molecular weight is 504 g/mol. The first kappa shape index (κ1) is 24.3. The molecular weight excluding hydrogens is 478 g/mol. The van der Waals surface area contributed by atoms with Crippen molar-refractivity contribution in [1.29, 1.82) is 0 Å². The van der Waals surface area contributed by atoms with Crippen LogP contribution in [-0.2, 0) is 9.53 Å². The third-order valence-corrected chi connectivity index (χ3v) is 6.70. The SMILES string of the molecule is COc1ccc2sc(N(CCN3CCOCC3)C(=O)/C=C/c3ccc4c(c3)OCO4)nc2c1.Cl. The Morgan fingerprint density at radius 3 is 2.82 bits per heavy atom. The Morgan fingerprint density at radius 2 is 2.00 bits per heavy atom. The van der Waals surface area contributed by atoms with Crippen molar-refractivity contribution in [2.75, 3.05) is 58.2 Å². The second kappa shape index (κ2) is 11.1. The molecule has 0 radical (unpaired) electrons. The van der Waals surface area contributed by atoms with Gasteiger partial charge in [0.1, 0.15) is 5.75 Å². The van der Waals surface area contributed by atoms with E-state index in [1.54, 1.807) is 24.2 Å². The predicted molar refractivity (Wildman–Crippen MR) is 135 cm³/mol. The first-order valence-corrected chi connectivity index (χ1v) is 11.7. The Hall–Kier alpha value is -2.85. The third kappa shape index (κ3) is 5.44. The number of aromatic nitrogens is 1. The molecule has 1 aromatic heterocycles. The van der Waals surface area contributed by atoms with Crippen molar-refractivity contribution in [1.82, 2.24) is 9.88 Å². The van der Waals surface area contributed by atoms with Gasteiger partial charge in [0, 0.05) is 38.3 Å². The van der Waals surface area contributed by atoms with Crippen LogP contribution in [0.3, 0.4) is 0 Å². The number of thiazole rings is 1. The van der Waals surface area contributed by atoms with E-state index in [1.165, 1.54) is 11.3 Å². The maximum Gasteiger partial charge on any atom is 0.252 e. The zero-order chi connectivity index (χ0) is 22.6. The topological polar surface area (TPSA) is 73.4 Å². The van der Waals surface area contributed by atoms with Crippen LogP contribution in [0.15, 0.2) is 42.5 Å². The van der Waals surface area contributed by atoms with Crippen molar-refractivity contribution in [2.24, 2.45) is 0 Å². The standard InChI is InChI=1S/C24H25N3O5S.ClH/c1-29-18-4-6-22-19(15-18)25-24(33-22)27(9-8-26-10-12-30-13-11-26)23(28)7-3-17-2-5-20-21(14-17)32-16-31-20;/h2-7,14-15H,8-13,16H2,1H3;1H/b7-3+;. The maximum absolute atomic E-state index is 13.3. The van der Waals surface area contributed by atoms with E-state index in [4.69, 9.17) is 23.9 Å². The van der Waals surface area contributed by atoms with E-state index in [1.807, 2.05) is 36.4 Å². The minimum absolute atomic E-state index is 0. The smallest absolute Gasteiger partial charge is 0.252 e. The number of anilines is 1. The lowest BCUT2D eigenvalue weighted by molar-refractivity contribution is -0.114. The number of halogens is 1. The van der Waals surface area contributed by atoms with Gasteiger partial charge < -0.3 is 18.9 Å². The molecule has 2 aliphatic heterocycles. The first-order valence-electron chi connectivity index (χ1n) is 10.8. The maximum atomic E-state index is 13.3. The van der Waals surface area contributed by atoms with Crippen LogP contribution in [0.5, 0.6) is 17.2 Å². The van der Waals surface area contributed by atoms with Crippen molar-refractivity contribution >= 4 is 51.1 Å². The number of morpholine rings is 1. The largest absolute Gasteiger partial charge is 0.497 e. The molecule has 0 atom stereocenters. The molecule has 5 rings (SSSR count). The summed E-state index contributed by atoms with van der Waals surface area (Å²) in [6.07, 6.45) is 3.38. The lowest BCUT2D eigenvalue weighted by Crippen LogP contribution is -2.42. The molecule has 1 amide bonds. The third-order valence-electron chi connectivity index (χ3n) is 5.64. The molecule has 2 aromatic carbocycles. The molecule has 0 saturated carbocycles. The summed E-state index contributed by atoms with van der Waals surface area (Å²) in [7, 11) is 1.63. The second-order valence-electron chi connectivity index (χ2n) is 7.72. The van der Waals surface area contributed by atoms with Crippen molar-refractivity contribution in [2.45, 2.75) is 0 Å². The molecule has 8 nitrogen and oxygen atoms in total. The quantitative estimate of drug-likeness (QED) is 0.453. The fraction of sp³-hybridized carbons (Fsp3) is 0.333. The fourth-order valence-electron chi connectivity index (χ4n) is 3.78. The van der Waals surface area contributed by atoms with Crippen LogP contribution in [0.2, 0.25) is 0 Å². The number of fused-ring (bicyclic) bond motifs is 2. The van der Waals surface area contributed by atoms with Crippen LogP contribution in [0, 0.1) is 0 Å². The number of nitrogens with zero attached hydrogens (tertiary/aromatic N) is 3. The molecule has 0 spiro atoms. The van der Waals surface area contributed by atoms with E-state index >= 15 is 0 Å². The Balaban J connectivity index is 0.00000274. The van der Waals surface area contributed by atoms with Gasteiger partial charge in [-0.2, -0.15) is 0 Å². The van der Waals surface area contributed by atoms with Gasteiger partial charge in [0.05, 0.1) is 30.5 Å². The summed E-state index contributed by atoms with van der Waals surface area (Å²) in [6.45, 7) is 4.70. The van der Waals surface area contributed by atoms with E-state index in [9.17, 15) is 4.79 Å². The van der Waals surface area contributed by atoms with Crippen molar-refractivity contribution in [3.63, 3.8) is 0 Å². The molecule has 0 aliphatic carbocycles. The summed E-state index contributed by atoms with van der Waals surface area (Å²) in [5, 5.41) is 0.673. The zero-order valence-corrected chi connectivity index (χ0v) is 20.4. The number of carbonyl (C=O) groups excluding carboxylic acids is 1. The summed E-state index contributed by atoms with van der Waals surface area (Å²) in [5.74, 6) is 2.03. The summed E-state index contributed by atoms with van der Waals surface area (Å²) < 4.78 is 22.6. The van der Waals surface area contributed by atoms with Crippen LogP contribution in [0.1, 0.15) is 5.56 Å². The predicted octanol–water partition coefficient (Wildman–Crippen LogP) is 3.83. The highest BCUT2D eigenvalue weighted by molar-refractivity contribution is 7.22. The summed E-state index contributed by atoms with van der Waals surface area (Å²) >= 11 is 1.50. The molecule has 0 unspecified atom stereocenters. The molecule has 180 valence electrons. The Morgan fingerprint density at radius 1 is 1.18 bits per heavy atom. The molecule has 1 saturated heterocycles. The fourth-order valence-corrected chi connectivity index (χ4v) is 4.76.